The molecule has 0 bridgehead atoms. The lowest BCUT2D eigenvalue weighted by Gasteiger charge is -2.35. The Morgan fingerprint density at radius 3 is 2.52 bits per heavy atom. The number of nitrogens with zero attached hydrogens (tertiary/aromatic N) is 3. The minimum atomic E-state index is 0.279. The quantitative estimate of drug-likeness (QED) is 0.389. The number of nitrogens with two attached hydrogens (primary N) is 1. The maximum Gasteiger partial charge on any atom is 0.188 e. The number of rotatable bonds is 8. The Labute approximate surface area is 175 Å². The van der Waals surface area contributed by atoms with Gasteiger partial charge in [0.25, 0.3) is 0 Å². The van der Waals surface area contributed by atoms with E-state index in [0.29, 0.717) is 12.5 Å². The van der Waals surface area contributed by atoms with E-state index in [2.05, 4.69) is 58.2 Å². The summed E-state index contributed by atoms with van der Waals surface area (Å²) >= 11 is 0. The Hall–Kier alpha value is -1.67. The van der Waals surface area contributed by atoms with Crippen molar-refractivity contribution < 1.29 is 9.47 Å². The first-order valence-corrected chi connectivity index (χ1v) is 10.9. The monoisotopic (exact) mass is 403 g/mol. The Bertz CT molecular complexity index is 638. The van der Waals surface area contributed by atoms with Gasteiger partial charge in [-0.1, -0.05) is 24.3 Å². The Balaban J connectivity index is 1.44. The summed E-state index contributed by atoms with van der Waals surface area (Å²) in [5, 5.41) is 3.25. The number of hydrogen-bond donors (Lipinski definition) is 2. The van der Waals surface area contributed by atoms with Gasteiger partial charge in [0, 0.05) is 39.3 Å². The van der Waals surface area contributed by atoms with E-state index in [0.717, 1.165) is 65.4 Å². The molecule has 2 fully saturated rings. The van der Waals surface area contributed by atoms with Crippen LogP contribution in [0.4, 0.5) is 0 Å². The highest BCUT2D eigenvalue weighted by Crippen LogP contribution is 2.17. The van der Waals surface area contributed by atoms with Gasteiger partial charge in [-0.25, -0.2) is 4.99 Å². The molecule has 0 saturated carbocycles. The van der Waals surface area contributed by atoms with Crippen LogP contribution in [0.1, 0.15) is 31.4 Å². The smallest absolute Gasteiger partial charge is 0.188 e. The second-order valence-corrected chi connectivity index (χ2v) is 8.16. The van der Waals surface area contributed by atoms with Crippen molar-refractivity contribution in [1.82, 2.24) is 15.1 Å². The summed E-state index contributed by atoms with van der Waals surface area (Å²) < 4.78 is 11.2. The summed E-state index contributed by atoms with van der Waals surface area (Å²) in [4.78, 5) is 9.47. The lowest BCUT2D eigenvalue weighted by molar-refractivity contribution is -0.0705. The van der Waals surface area contributed by atoms with Crippen LogP contribution in [0.15, 0.2) is 29.3 Å². The molecule has 2 aliphatic heterocycles. The van der Waals surface area contributed by atoms with Gasteiger partial charge in [0.2, 0.25) is 0 Å². The summed E-state index contributed by atoms with van der Waals surface area (Å²) in [6, 6.07) is 8.52. The maximum absolute atomic E-state index is 6.09. The SMILES string of the molecule is CC1CN(Cc2ccccc2CN=C(N)NCCCN2CCOCC2)CC(C)O1. The number of ether oxygens (including phenoxy) is 2. The minimum Gasteiger partial charge on any atom is -0.379 e. The normalized spacial score (nSPS) is 24.6. The van der Waals surface area contributed by atoms with Crippen molar-refractivity contribution >= 4 is 5.96 Å². The molecule has 0 spiro atoms. The van der Waals surface area contributed by atoms with Crippen molar-refractivity contribution in [1.29, 1.82) is 0 Å². The van der Waals surface area contributed by atoms with Gasteiger partial charge in [-0.2, -0.15) is 0 Å². The average Bonchev–Trinajstić information content (AvgIpc) is 2.70. The van der Waals surface area contributed by atoms with Crippen molar-refractivity contribution in [3.63, 3.8) is 0 Å². The predicted octanol–water partition coefficient (Wildman–Crippen LogP) is 1.42. The molecule has 3 rings (SSSR count). The van der Waals surface area contributed by atoms with Gasteiger partial charge in [-0.3, -0.25) is 9.80 Å². The highest BCUT2D eigenvalue weighted by molar-refractivity contribution is 5.77. The van der Waals surface area contributed by atoms with E-state index in [9.17, 15) is 0 Å². The zero-order chi connectivity index (χ0) is 20.5. The maximum atomic E-state index is 6.09. The van der Waals surface area contributed by atoms with Crippen LogP contribution in [-0.2, 0) is 22.6 Å². The second-order valence-electron chi connectivity index (χ2n) is 8.16. The molecule has 2 unspecified atom stereocenters. The molecular formula is C22H37N5O2. The number of morpholine rings is 2. The van der Waals surface area contributed by atoms with Crippen molar-refractivity contribution in [2.75, 3.05) is 52.5 Å². The van der Waals surface area contributed by atoms with Crippen LogP contribution < -0.4 is 11.1 Å². The molecule has 0 aromatic heterocycles. The molecule has 7 heteroatoms. The topological polar surface area (TPSA) is 75.4 Å². The predicted molar refractivity (Wildman–Crippen MR) is 117 cm³/mol. The molecule has 1 aromatic rings. The van der Waals surface area contributed by atoms with Gasteiger partial charge in [-0.15, -0.1) is 0 Å². The summed E-state index contributed by atoms with van der Waals surface area (Å²) in [6.07, 6.45) is 1.61. The molecule has 2 saturated heterocycles. The van der Waals surface area contributed by atoms with Crippen LogP contribution >= 0.6 is 0 Å². The number of benzene rings is 1. The summed E-state index contributed by atoms with van der Waals surface area (Å²) in [5.41, 5.74) is 8.64. The molecule has 2 atom stereocenters. The third-order valence-corrected chi connectivity index (χ3v) is 5.49. The first kappa shape index (κ1) is 22.0. The van der Waals surface area contributed by atoms with E-state index in [4.69, 9.17) is 15.2 Å². The zero-order valence-electron chi connectivity index (χ0n) is 18.0. The molecule has 2 aliphatic rings. The Morgan fingerprint density at radius 2 is 1.79 bits per heavy atom. The molecule has 0 aliphatic carbocycles. The van der Waals surface area contributed by atoms with Crippen LogP contribution in [0.5, 0.6) is 0 Å². The lowest BCUT2D eigenvalue weighted by Crippen LogP contribution is -2.44. The molecule has 1 aromatic carbocycles. The van der Waals surface area contributed by atoms with Crippen molar-refractivity contribution in [2.24, 2.45) is 10.7 Å². The molecule has 3 N–H and O–H groups in total. The van der Waals surface area contributed by atoms with Crippen LogP contribution in [-0.4, -0.2) is 80.4 Å². The third-order valence-electron chi connectivity index (χ3n) is 5.49. The van der Waals surface area contributed by atoms with Crippen molar-refractivity contribution in [2.45, 2.75) is 45.6 Å². The largest absolute Gasteiger partial charge is 0.379 e. The van der Waals surface area contributed by atoms with E-state index in [1.807, 2.05) is 0 Å². The van der Waals surface area contributed by atoms with Crippen LogP contribution in [0.3, 0.4) is 0 Å². The van der Waals surface area contributed by atoms with Crippen molar-refractivity contribution in [3.8, 4) is 0 Å². The summed E-state index contributed by atoms with van der Waals surface area (Å²) in [6.45, 7) is 13.4. The lowest BCUT2D eigenvalue weighted by atomic mass is 10.1. The second kappa shape index (κ2) is 11.5. The molecule has 7 nitrogen and oxygen atoms in total. The highest BCUT2D eigenvalue weighted by Gasteiger charge is 2.22. The molecule has 0 radical (unpaired) electrons. The zero-order valence-corrected chi connectivity index (χ0v) is 18.0. The fourth-order valence-electron chi connectivity index (χ4n) is 4.09. The van der Waals surface area contributed by atoms with Gasteiger partial charge in [0.1, 0.15) is 0 Å². The number of guanidine groups is 1. The van der Waals surface area contributed by atoms with Gasteiger partial charge < -0.3 is 20.5 Å². The van der Waals surface area contributed by atoms with Crippen LogP contribution in [0, 0.1) is 0 Å². The van der Waals surface area contributed by atoms with Crippen molar-refractivity contribution in [3.05, 3.63) is 35.4 Å². The summed E-state index contributed by atoms with van der Waals surface area (Å²) in [7, 11) is 0. The average molecular weight is 404 g/mol. The third kappa shape index (κ3) is 7.59. The fourth-order valence-corrected chi connectivity index (χ4v) is 4.09. The number of nitrogens with one attached hydrogen (secondary N) is 1. The number of aliphatic imine (C=N–C) groups is 1. The van der Waals surface area contributed by atoms with E-state index in [1.165, 1.54) is 11.1 Å². The van der Waals surface area contributed by atoms with E-state index in [1.54, 1.807) is 0 Å². The number of hydrogen-bond acceptors (Lipinski definition) is 5. The highest BCUT2D eigenvalue weighted by atomic mass is 16.5. The summed E-state index contributed by atoms with van der Waals surface area (Å²) in [5.74, 6) is 0.524. The van der Waals surface area contributed by atoms with Gasteiger partial charge in [0.05, 0.1) is 32.0 Å². The van der Waals surface area contributed by atoms with Crippen LogP contribution in [0.25, 0.3) is 0 Å². The molecule has 29 heavy (non-hydrogen) atoms. The Morgan fingerprint density at radius 1 is 1.10 bits per heavy atom. The fraction of sp³-hybridized carbons (Fsp3) is 0.682. The molecule has 0 amide bonds. The van der Waals surface area contributed by atoms with Gasteiger partial charge in [-0.05, 0) is 37.9 Å². The van der Waals surface area contributed by atoms with E-state index >= 15 is 0 Å². The molecular weight excluding hydrogens is 366 g/mol. The van der Waals surface area contributed by atoms with Gasteiger partial charge in [0.15, 0.2) is 5.96 Å². The minimum absolute atomic E-state index is 0.279. The van der Waals surface area contributed by atoms with E-state index < -0.39 is 0 Å². The van der Waals surface area contributed by atoms with E-state index in [-0.39, 0.29) is 12.2 Å². The Kier molecular flexibility index (Phi) is 8.73. The first-order chi connectivity index (χ1) is 14.1. The first-order valence-electron chi connectivity index (χ1n) is 10.9. The molecule has 162 valence electrons. The van der Waals surface area contributed by atoms with Gasteiger partial charge >= 0.3 is 0 Å². The van der Waals surface area contributed by atoms with Crippen LogP contribution in [0.2, 0.25) is 0 Å². The standard InChI is InChI=1S/C22H37N5O2/c1-18-15-27(16-19(2)29-18)17-21-7-4-3-6-20(21)14-25-22(23)24-8-5-9-26-10-12-28-13-11-26/h3-4,6-7,18-19H,5,8-17H2,1-2H3,(H3,23,24,25). The molecule has 2 heterocycles.